The smallest absolute Gasteiger partial charge is 0.119 e. The molecule has 0 saturated heterocycles. The Bertz CT molecular complexity index is 1750. The Morgan fingerprint density at radius 1 is 0.400 bits per heavy atom. The molecule has 0 aliphatic heterocycles. The van der Waals surface area contributed by atoms with Crippen LogP contribution in [0.15, 0.2) is 110 Å². The van der Waals surface area contributed by atoms with Crippen molar-refractivity contribution in [3.05, 3.63) is 177 Å². The minimum atomic E-state index is 0.237. The van der Waals surface area contributed by atoms with Gasteiger partial charge >= 0.3 is 0 Å². The van der Waals surface area contributed by atoms with Crippen LogP contribution in [-0.4, -0.2) is 30.3 Å². The van der Waals surface area contributed by atoms with Crippen LogP contribution in [0, 0.1) is 0 Å². The van der Waals surface area contributed by atoms with Crippen molar-refractivity contribution >= 4 is 0 Å². The van der Waals surface area contributed by atoms with Crippen LogP contribution in [0.1, 0.15) is 67.2 Å². The van der Waals surface area contributed by atoms with Crippen LogP contribution in [0.5, 0.6) is 17.2 Å². The quantitative estimate of drug-likeness (QED) is 0.196. The second-order valence-electron chi connectivity index (χ2n) is 11.8. The highest BCUT2D eigenvalue weighted by atomic mass is 16.3. The molecule has 0 bridgehead atoms. The highest BCUT2D eigenvalue weighted by Crippen LogP contribution is 2.36. The maximum absolute atomic E-state index is 11.2. The van der Waals surface area contributed by atoms with Gasteiger partial charge in [-0.25, -0.2) is 0 Å². The molecule has 6 heteroatoms. The van der Waals surface area contributed by atoms with Crippen LogP contribution in [0.2, 0.25) is 0 Å². The number of pyridine rings is 3. The number of rotatable bonds is 6. The number of phenolic OH excluding ortho intramolecular Hbond substituents is 3. The van der Waals surface area contributed by atoms with Crippen molar-refractivity contribution in [3.8, 4) is 17.2 Å². The largest absolute Gasteiger partial charge is 0.508 e. The van der Waals surface area contributed by atoms with Crippen molar-refractivity contribution in [1.82, 2.24) is 15.0 Å². The van der Waals surface area contributed by atoms with E-state index in [4.69, 9.17) is 0 Å². The fraction of sp³-hybridized carbons (Fsp3) is 0.154. The predicted octanol–water partition coefficient (Wildman–Crippen LogP) is 6.85. The average Bonchev–Trinajstić information content (AvgIpc) is 3.10. The van der Waals surface area contributed by atoms with Crippen LogP contribution >= 0.6 is 0 Å². The van der Waals surface area contributed by atoms with E-state index < -0.39 is 0 Å². The summed E-state index contributed by atoms with van der Waals surface area (Å²) in [6.45, 7) is 0. The molecule has 3 heterocycles. The summed E-state index contributed by atoms with van der Waals surface area (Å²) >= 11 is 0. The van der Waals surface area contributed by atoms with Crippen molar-refractivity contribution in [2.75, 3.05) is 0 Å². The number of fused-ring (bicyclic) bond motifs is 3. The number of hydrogen-bond acceptors (Lipinski definition) is 6. The van der Waals surface area contributed by atoms with E-state index in [1.807, 2.05) is 72.8 Å². The standard InChI is InChI=1S/C39H33N3O3/c43-37-22-28-14-26-17-32(20-35-8-2-5-11-41-35)39(45)24-30(26)15-27-18-33(21-36-9-3-6-12-42-36)38(44)23-29(27)13-25(28)16-31(37)19-34-7-1-4-10-40-34/h1-12,16-18,22-24,43-45H,13-15,19-21H2. The van der Waals surface area contributed by atoms with Crippen molar-refractivity contribution in [2.24, 2.45) is 0 Å². The molecule has 6 aromatic rings. The fourth-order valence-corrected chi connectivity index (χ4v) is 6.30. The van der Waals surface area contributed by atoms with Crippen LogP contribution in [-0.2, 0) is 38.5 Å². The maximum Gasteiger partial charge on any atom is 0.119 e. The van der Waals surface area contributed by atoms with Gasteiger partial charge in [-0.2, -0.15) is 0 Å². The summed E-state index contributed by atoms with van der Waals surface area (Å²) in [5.41, 5.74) is 11.4. The highest BCUT2D eigenvalue weighted by molar-refractivity contribution is 5.55. The molecule has 0 unspecified atom stereocenters. The van der Waals surface area contributed by atoms with Gasteiger partial charge in [0.15, 0.2) is 0 Å². The Kier molecular flexibility index (Phi) is 7.70. The molecule has 3 N–H and O–H groups in total. The number of nitrogens with zero attached hydrogens (tertiary/aromatic N) is 3. The zero-order chi connectivity index (χ0) is 30.8. The molecule has 0 radical (unpaired) electrons. The Labute approximate surface area is 262 Å². The number of aromatic nitrogens is 3. The fourth-order valence-electron chi connectivity index (χ4n) is 6.30. The molecule has 3 aromatic heterocycles. The van der Waals surface area contributed by atoms with E-state index in [2.05, 4.69) is 33.2 Å². The maximum atomic E-state index is 11.2. The zero-order valence-corrected chi connectivity index (χ0v) is 24.8. The van der Waals surface area contributed by atoms with Gasteiger partial charge in [0.1, 0.15) is 17.2 Å². The average molecular weight is 592 g/mol. The molecule has 1 aliphatic rings. The van der Waals surface area contributed by atoms with Crippen molar-refractivity contribution < 1.29 is 15.3 Å². The van der Waals surface area contributed by atoms with Gasteiger partial charge < -0.3 is 15.3 Å². The normalized spacial score (nSPS) is 12.3. The van der Waals surface area contributed by atoms with Gasteiger partial charge in [0, 0.05) is 71.6 Å². The zero-order valence-electron chi connectivity index (χ0n) is 24.8. The summed E-state index contributed by atoms with van der Waals surface area (Å²) in [7, 11) is 0. The predicted molar refractivity (Wildman–Crippen MR) is 174 cm³/mol. The number of phenols is 3. The molecule has 3 aromatic carbocycles. The van der Waals surface area contributed by atoms with E-state index in [1.165, 1.54) is 0 Å². The molecular weight excluding hydrogens is 558 g/mol. The third-order valence-electron chi connectivity index (χ3n) is 8.64. The van der Waals surface area contributed by atoms with Crippen molar-refractivity contribution in [3.63, 3.8) is 0 Å². The molecule has 0 saturated carbocycles. The first-order chi connectivity index (χ1) is 22.0. The minimum Gasteiger partial charge on any atom is -0.508 e. The SMILES string of the molecule is Oc1cc2c(cc1Cc1ccccn1)Cc1cc(O)c(Cc3ccccn3)cc1Cc1cc(O)c(Cc3ccccn3)cc1C2. The first-order valence-electron chi connectivity index (χ1n) is 15.2. The van der Waals surface area contributed by atoms with E-state index >= 15 is 0 Å². The number of aromatic hydroxyl groups is 3. The number of hydrogen-bond donors (Lipinski definition) is 3. The van der Waals surface area contributed by atoms with E-state index in [9.17, 15) is 15.3 Å². The van der Waals surface area contributed by atoms with Crippen LogP contribution in [0.3, 0.4) is 0 Å². The van der Waals surface area contributed by atoms with Crippen molar-refractivity contribution in [1.29, 1.82) is 0 Å². The lowest BCUT2D eigenvalue weighted by Crippen LogP contribution is -2.02. The van der Waals surface area contributed by atoms with Gasteiger partial charge in [0.05, 0.1) is 0 Å². The minimum absolute atomic E-state index is 0.237. The third-order valence-corrected chi connectivity index (χ3v) is 8.64. The monoisotopic (exact) mass is 591 g/mol. The molecule has 6 nitrogen and oxygen atoms in total. The van der Waals surface area contributed by atoms with Gasteiger partial charge in [0.25, 0.3) is 0 Å². The van der Waals surface area contributed by atoms with E-state index in [1.54, 1.807) is 18.6 Å². The van der Waals surface area contributed by atoms with Gasteiger partial charge in [-0.3, -0.25) is 15.0 Å². The summed E-state index contributed by atoms with van der Waals surface area (Å²) in [6, 6.07) is 29.3. The van der Waals surface area contributed by atoms with E-state index in [0.29, 0.717) is 38.5 Å². The molecule has 1 aliphatic carbocycles. The molecule has 222 valence electrons. The third kappa shape index (κ3) is 6.27. The highest BCUT2D eigenvalue weighted by Gasteiger charge is 2.21. The molecule has 0 spiro atoms. The Morgan fingerprint density at radius 3 is 0.956 bits per heavy atom. The van der Waals surface area contributed by atoms with Gasteiger partial charge in [0.2, 0.25) is 0 Å². The molecule has 0 amide bonds. The van der Waals surface area contributed by atoms with Crippen LogP contribution in [0.25, 0.3) is 0 Å². The molecule has 0 atom stereocenters. The summed E-state index contributed by atoms with van der Waals surface area (Å²) in [5, 5.41) is 33.6. The lowest BCUT2D eigenvalue weighted by atomic mass is 9.90. The summed E-state index contributed by atoms with van der Waals surface area (Å²) in [4.78, 5) is 13.4. The molecule has 45 heavy (non-hydrogen) atoms. The molecular formula is C39H33N3O3. The molecule has 7 rings (SSSR count). The lowest BCUT2D eigenvalue weighted by Gasteiger charge is -2.16. The first-order valence-corrected chi connectivity index (χ1v) is 15.2. The Morgan fingerprint density at radius 2 is 0.689 bits per heavy atom. The Hall–Kier alpha value is -5.49. The lowest BCUT2D eigenvalue weighted by molar-refractivity contribution is 0.467. The second kappa shape index (κ2) is 12.2. The molecule has 0 fully saturated rings. The van der Waals surface area contributed by atoms with E-state index in [0.717, 1.165) is 67.2 Å². The first kappa shape index (κ1) is 28.3. The van der Waals surface area contributed by atoms with Crippen LogP contribution < -0.4 is 0 Å². The van der Waals surface area contributed by atoms with Crippen molar-refractivity contribution in [2.45, 2.75) is 38.5 Å². The van der Waals surface area contributed by atoms with E-state index in [-0.39, 0.29) is 17.2 Å². The summed E-state index contributed by atoms with van der Waals surface area (Å²) in [5.74, 6) is 0.712. The van der Waals surface area contributed by atoms with Crippen LogP contribution in [0.4, 0.5) is 0 Å². The summed E-state index contributed by atoms with van der Waals surface area (Å²) < 4.78 is 0. The topological polar surface area (TPSA) is 99.4 Å². The number of benzene rings is 3. The van der Waals surface area contributed by atoms with Gasteiger partial charge in [-0.15, -0.1) is 0 Å². The van der Waals surface area contributed by atoms with Gasteiger partial charge in [-0.1, -0.05) is 36.4 Å². The Balaban J connectivity index is 1.35. The summed E-state index contributed by atoms with van der Waals surface area (Å²) in [6.07, 6.45) is 8.62. The van der Waals surface area contributed by atoms with Gasteiger partial charge in [-0.05, 0) is 107 Å². The second-order valence-corrected chi connectivity index (χ2v) is 11.8.